The molecule has 1 rings (SSSR count). The van der Waals surface area contributed by atoms with E-state index < -0.39 is 10.0 Å². The summed E-state index contributed by atoms with van der Waals surface area (Å²) in [6, 6.07) is 0.161. The van der Waals surface area contributed by atoms with Crippen molar-refractivity contribution in [3.05, 3.63) is 0 Å². The second-order valence-electron chi connectivity index (χ2n) is 4.18. The van der Waals surface area contributed by atoms with Crippen LogP contribution in [0, 0.1) is 0 Å². The van der Waals surface area contributed by atoms with E-state index in [4.69, 9.17) is 0 Å². The number of hydrogen-bond donors (Lipinski definition) is 2. The van der Waals surface area contributed by atoms with Crippen molar-refractivity contribution in [3.63, 3.8) is 0 Å². The molecule has 2 N–H and O–H groups in total. The molecule has 0 bridgehead atoms. The van der Waals surface area contributed by atoms with Crippen LogP contribution in [-0.4, -0.2) is 33.3 Å². The highest BCUT2D eigenvalue weighted by Crippen LogP contribution is 2.06. The monoisotopic (exact) mass is 234 g/mol. The summed E-state index contributed by atoms with van der Waals surface area (Å²) < 4.78 is 25.9. The molecule has 0 aromatic carbocycles. The fourth-order valence-corrected chi connectivity index (χ4v) is 3.21. The van der Waals surface area contributed by atoms with Crippen LogP contribution in [0.5, 0.6) is 0 Å². The summed E-state index contributed by atoms with van der Waals surface area (Å²) >= 11 is 0. The van der Waals surface area contributed by atoms with Crippen LogP contribution >= 0.6 is 0 Å². The Labute approximate surface area is 92.9 Å². The minimum atomic E-state index is -3.06. The Balaban J connectivity index is 2.19. The van der Waals surface area contributed by atoms with Crippen molar-refractivity contribution >= 4 is 10.0 Å². The molecule has 0 radical (unpaired) electrons. The Morgan fingerprint density at radius 3 is 2.80 bits per heavy atom. The van der Waals surface area contributed by atoms with Gasteiger partial charge in [0.2, 0.25) is 10.0 Å². The lowest BCUT2D eigenvalue weighted by Crippen LogP contribution is -2.36. The van der Waals surface area contributed by atoms with Gasteiger partial charge >= 0.3 is 0 Å². The fraction of sp³-hybridized carbons (Fsp3) is 1.00. The molecule has 0 aromatic rings. The van der Waals surface area contributed by atoms with Gasteiger partial charge in [0.25, 0.3) is 0 Å². The molecule has 0 spiro atoms. The van der Waals surface area contributed by atoms with E-state index >= 15 is 0 Å². The lowest BCUT2D eigenvalue weighted by Gasteiger charge is -2.11. The Morgan fingerprint density at radius 1 is 1.40 bits per heavy atom. The molecule has 0 aromatic heterocycles. The van der Waals surface area contributed by atoms with Crippen molar-refractivity contribution in [2.24, 2.45) is 0 Å². The smallest absolute Gasteiger partial charge is 0.213 e. The van der Waals surface area contributed by atoms with Gasteiger partial charge in [0.15, 0.2) is 0 Å². The summed E-state index contributed by atoms with van der Waals surface area (Å²) in [5.74, 6) is 0.235. The van der Waals surface area contributed by atoms with Crippen molar-refractivity contribution in [1.82, 2.24) is 10.0 Å². The molecule has 1 aliphatic heterocycles. The van der Waals surface area contributed by atoms with Gasteiger partial charge in [0.1, 0.15) is 0 Å². The summed E-state index contributed by atoms with van der Waals surface area (Å²) in [4.78, 5) is 0. The zero-order valence-corrected chi connectivity index (χ0v) is 10.3. The molecule has 1 saturated heterocycles. The van der Waals surface area contributed by atoms with Gasteiger partial charge in [0, 0.05) is 12.6 Å². The largest absolute Gasteiger partial charge is 0.313 e. The first kappa shape index (κ1) is 12.9. The van der Waals surface area contributed by atoms with E-state index in [0.29, 0.717) is 6.54 Å². The molecule has 1 aliphatic rings. The molecule has 5 heteroatoms. The molecule has 90 valence electrons. The van der Waals surface area contributed by atoms with Gasteiger partial charge in [-0.25, -0.2) is 13.1 Å². The van der Waals surface area contributed by atoms with Gasteiger partial charge in [-0.15, -0.1) is 0 Å². The maximum absolute atomic E-state index is 11.6. The van der Waals surface area contributed by atoms with Crippen LogP contribution in [0.3, 0.4) is 0 Å². The lowest BCUT2D eigenvalue weighted by atomic mass is 10.3. The maximum atomic E-state index is 11.6. The third-order valence-corrected chi connectivity index (χ3v) is 4.17. The van der Waals surface area contributed by atoms with Crippen LogP contribution in [-0.2, 0) is 10.0 Å². The van der Waals surface area contributed by atoms with Crippen LogP contribution in [0.4, 0.5) is 0 Å². The highest BCUT2D eigenvalue weighted by atomic mass is 32.2. The van der Waals surface area contributed by atoms with Crippen LogP contribution in [0.1, 0.15) is 39.0 Å². The summed E-state index contributed by atoms with van der Waals surface area (Å²) in [6.45, 7) is 3.65. The number of nitrogens with one attached hydrogen (secondary N) is 2. The third-order valence-electron chi connectivity index (χ3n) is 2.69. The van der Waals surface area contributed by atoms with Crippen molar-refractivity contribution in [1.29, 1.82) is 0 Å². The van der Waals surface area contributed by atoms with E-state index in [-0.39, 0.29) is 11.8 Å². The predicted octanol–water partition coefficient (Wildman–Crippen LogP) is 0.848. The average Bonchev–Trinajstić information content (AvgIpc) is 2.64. The number of unbranched alkanes of at least 4 members (excludes halogenated alkanes) is 2. The Kier molecular flexibility index (Phi) is 5.56. The Bertz CT molecular complexity index is 259. The Hall–Kier alpha value is -0.130. The standard InChI is InChI=1S/C10H22N2O2S/c1-2-3-4-8-12-15(13,14)9-10-6-5-7-11-10/h10-12H,2-9H2,1H3. The number of sulfonamides is 1. The van der Waals surface area contributed by atoms with E-state index in [2.05, 4.69) is 17.0 Å². The van der Waals surface area contributed by atoms with Crippen LogP contribution < -0.4 is 10.0 Å². The topological polar surface area (TPSA) is 58.2 Å². The molecular formula is C10H22N2O2S. The SMILES string of the molecule is CCCCCNS(=O)(=O)CC1CCCN1. The number of rotatable bonds is 7. The normalized spacial score (nSPS) is 22.1. The molecular weight excluding hydrogens is 212 g/mol. The molecule has 1 heterocycles. The second kappa shape index (κ2) is 6.45. The van der Waals surface area contributed by atoms with Crippen LogP contribution in [0.15, 0.2) is 0 Å². The molecule has 0 saturated carbocycles. The van der Waals surface area contributed by atoms with Crippen molar-refractivity contribution in [3.8, 4) is 0 Å². The van der Waals surface area contributed by atoms with Gasteiger partial charge < -0.3 is 5.32 Å². The van der Waals surface area contributed by atoms with Gasteiger partial charge in [-0.3, -0.25) is 0 Å². The van der Waals surface area contributed by atoms with E-state index in [1.54, 1.807) is 0 Å². The molecule has 1 atom stereocenters. The first-order chi connectivity index (χ1) is 7.14. The minimum absolute atomic E-state index is 0.161. The Morgan fingerprint density at radius 2 is 2.20 bits per heavy atom. The average molecular weight is 234 g/mol. The maximum Gasteiger partial charge on any atom is 0.213 e. The van der Waals surface area contributed by atoms with Gasteiger partial charge in [-0.05, 0) is 25.8 Å². The fourth-order valence-electron chi connectivity index (χ4n) is 1.83. The predicted molar refractivity (Wildman–Crippen MR) is 62.3 cm³/mol. The molecule has 1 unspecified atom stereocenters. The highest BCUT2D eigenvalue weighted by molar-refractivity contribution is 7.89. The molecule has 1 fully saturated rings. The highest BCUT2D eigenvalue weighted by Gasteiger charge is 2.21. The summed E-state index contributed by atoms with van der Waals surface area (Å²) in [6.07, 6.45) is 5.22. The first-order valence-electron chi connectivity index (χ1n) is 5.85. The molecule has 4 nitrogen and oxygen atoms in total. The van der Waals surface area contributed by atoms with Crippen molar-refractivity contribution in [2.45, 2.75) is 45.1 Å². The van der Waals surface area contributed by atoms with Crippen LogP contribution in [0.25, 0.3) is 0 Å². The van der Waals surface area contributed by atoms with E-state index in [1.807, 2.05) is 0 Å². The van der Waals surface area contributed by atoms with E-state index in [0.717, 1.165) is 38.6 Å². The van der Waals surface area contributed by atoms with E-state index in [9.17, 15) is 8.42 Å². The van der Waals surface area contributed by atoms with Gasteiger partial charge in [-0.2, -0.15) is 0 Å². The third kappa shape index (κ3) is 5.49. The molecule has 0 aliphatic carbocycles. The van der Waals surface area contributed by atoms with Crippen LogP contribution in [0.2, 0.25) is 0 Å². The van der Waals surface area contributed by atoms with Crippen molar-refractivity contribution in [2.75, 3.05) is 18.8 Å². The zero-order chi connectivity index (χ0) is 11.1. The lowest BCUT2D eigenvalue weighted by molar-refractivity contribution is 0.559. The molecule has 15 heavy (non-hydrogen) atoms. The van der Waals surface area contributed by atoms with Gasteiger partial charge in [0.05, 0.1) is 5.75 Å². The summed E-state index contributed by atoms with van der Waals surface area (Å²) in [5.41, 5.74) is 0. The quantitative estimate of drug-likeness (QED) is 0.642. The minimum Gasteiger partial charge on any atom is -0.313 e. The zero-order valence-electron chi connectivity index (χ0n) is 9.46. The second-order valence-corrected chi connectivity index (χ2v) is 6.03. The molecule has 0 amide bonds. The first-order valence-corrected chi connectivity index (χ1v) is 7.50. The summed E-state index contributed by atoms with van der Waals surface area (Å²) in [5, 5.41) is 3.20. The van der Waals surface area contributed by atoms with Gasteiger partial charge in [-0.1, -0.05) is 19.8 Å². The van der Waals surface area contributed by atoms with E-state index in [1.165, 1.54) is 0 Å². The van der Waals surface area contributed by atoms with Crippen molar-refractivity contribution < 1.29 is 8.42 Å². The summed E-state index contributed by atoms with van der Waals surface area (Å²) in [7, 11) is -3.06. The number of hydrogen-bond acceptors (Lipinski definition) is 3.